The number of nitro groups is 2. The third kappa shape index (κ3) is 5.40. The van der Waals surface area contributed by atoms with Crippen molar-refractivity contribution in [2.24, 2.45) is 0 Å². The van der Waals surface area contributed by atoms with E-state index >= 15 is 0 Å². The number of aromatic nitrogens is 4. The number of fused-ring (bicyclic) bond motifs is 2. The van der Waals surface area contributed by atoms with Crippen molar-refractivity contribution >= 4 is 67.2 Å². The zero-order valence-electron chi connectivity index (χ0n) is 18.8. The highest BCUT2D eigenvalue weighted by Crippen LogP contribution is 2.37. The van der Waals surface area contributed by atoms with Gasteiger partial charge in [-0.2, -0.15) is 9.97 Å². The fourth-order valence-corrected chi connectivity index (χ4v) is 5.65. The Morgan fingerprint density at radius 1 is 0.784 bits per heavy atom. The van der Waals surface area contributed by atoms with Gasteiger partial charge >= 0.3 is 0 Å². The van der Waals surface area contributed by atoms with Crippen molar-refractivity contribution in [3.8, 4) is 0 Å². The molecule has 0 saturated carbocycles. The van der Waals surface area contributed by atoms with Crippen LogP contribution in [0, 0.1) is 20.2 Å². The van der Waals surface area contributed by atoms with Crippen molar-refractivity contribution in [1.82, 2.24) is 19.1 Å². The Bertz CT molecular complexity index is 1580. The van der Waals surface area contributed by atoms with Gasteiger partial charge in [-0.1, -0.05) is 12.2 Å². The maximum atomic E-state index is 12.7. The predicted molar refractivity (Wildman–Crippen MR) is 145 cm³/mol. The number of nitro benzene ring substituents is 2. The third-order valence-corrected chi connectivity index (χ3v) is 7.24. The molecule has 37 heavy (non-hydrogen) atoms. The molecule has 0 radical (unpaired) electrons. The minimum atomic E-state index is -0.639. The summed E-state index contributed by atoms with van der Waals surface area (Å²) in [5, 5.41) is 23.0. The first kappa shape index (κ1) is 27.6. The average Bonchev–Trinajstić information content (AvgIpc) is 2.86. The van der Waals surface area contributed by atoms with Crippen LogP contribution >= 0.6 is 34.0 Å². The summed E-state index contributed by atoms with van der Waals surface area (Å²) >= 11 is 0. The van der Waals surface area contributed by atoms with Gasteiger partial charge in [-0.25, -0.2) is 0 Å². The van der Waals surface area contributed by atoms with Gasteiger partial charge in [-0.15, -0.1) is 25.6 Å². The molecule has 0 amide bonds. The summed E-state index contributed by atoms with van der Waals surface area (Å²) in [4.78, 5) is 54.7. The molecular weight excluding hydrogens is 544 g/mol. The summed E-state index contributed by atoms with van der Waals surface area (Å²) < 4.78 is 3.34. The van der Waals surface area contributed by atoms with Crippen LogP contribution in [0.25, 0.3) is 21.8 Å². The van der Waals surface area contributed by atoms with Crippen molar-refractivity contribution in [2.75, 3.05) is 0 Å². The Morgan fingerprint density at radius 3 is 1.49 bits per heavy atom. The highest BCUT2D eigenvalue weighted by atomic mass is 35.5. The van der Waals surface area contributed by atoms with E-state index in [1.54, 1.807) is 21.3 Å². The lowest BCUT2D eigenvalue weighted by Crippen LogP contribution is -2.17. The molecule has 0 aliphatic carbocycles. The Kier molecular flexibility index (Phi) is 8.47. The van der Waals surface area contributed by atoms with E-state index in [-0.39, 0.29) is 58.0 Å². The molecule has 190 valence electrons. The van der Waals surface area contributed by atoms with Gasteiger partial charge in [0.05, 0.1) is 31.7 Å². The van der Waals surface area contributed by atoms with Crippen LogP contribution in [0.5, 0.6) is 0 Å². The fourth-order valence-electron chi connectivity index (χ4n) is 3.52. The molecule has 2 heterocycles. The molecule has 4 rings (SSSR count). The van der Waals surface area contributed by atoms with Gasteiger partial charge in [0.1, 0.15) is 0 Å². The van der Waals surface area contributed by atoms with Crippen LogP contribution in [0.15, 0.2) is 81.6 Å². The minimum Gasteiger partial charge on any atom is -0.316 e. The normalized spacial score (nSPS) is 10.7. The van der Waals surface area contributed by atoms with Gasteiger partial charge in [0, 0.05) is 37.4 Å². The predicted octanol–water partition coefficient (Wildman–Crippen LogP) is 4.52. The van der Waals surface area contributed by atoms with E-state index in [2.05, 4.69) is 23.1 Å². The zero-order chi connectivity index (χ0) is 26.0. The second-order valence-electron chi connectivity index (χ2n) is 7.28. The number of rotatable bonds is 9. The van der Waals surface area contributed by atoms with Crippen LogP contribution in [0.4, 0.5) is 11.4 Å². The van der Waals surface area contributed by atoms with Crippen molar-refractivity contribution in [3.63, 3.8) is 0 Å². The van der Waals surface area contributed by atoms with Crippen LogP contribution in [-0.2, 0) is 13.1 Å². The lowest BCUT2D eigenvalue weighted by molar-refractivity contribution is -0.384. The molecule has 15 heteroatoms. The first-order chi connectivity index (χ1) is 17.2. The number of benzene rings is 2. The highest BCUT2D eigenvalue weighted by Gasteiger charge is 2.18. The largest absolute Gasteiger partial charge is 0.316 e. The number of non-ortho nitro benzene ring substituents is 2. The first-order valence-corrected chi connectivity index (χ1v) is 12.3. The minimum absolute atomic E-state index is 0. The Morgan fingerprint density at radius 2 is 1.16 bits per heavy atom. The second-order valence-corrected chi connectivity index (χ2v) is 9.35. The Balaban J connectivity index is 0.00000380. The van der Waals surface area contributed by atoms with E-state index in [0.717, 1.165) is 21.6 Å². The SMILES string of the molecule is C=CCn1c(SSc2nc(=O)c3cc([N+](=O)[O-])ccc3n2CC=C)nc(=O)c2cc([N+](=O)[O-])ccc21.Cl. The summed E-state index contributed by atoms with van der Waals surface area (Å²) in [5.41, 5.74) is -0.860. The van der Waals surface area contributed by atoms with Crippen LogP contribution in [0.2, 0.25) is 0 Å². The van der Waals surface area contributed by atoms with Crippen molar-refractivity contribution in [2.45, 2.75) is 23.4 Å². The molecule has 0 aliphatic rings. The molecule has 0 fully saturated rings. The maximum Gasteiger partial charge on any atom is 0.281 e. The van der Waals surface area contributed by atoms with E-state index in [9.17, 15) is 29.8 Å². The fraction of sp³-hybridized carbons (Fsp3) is 0.0909. The molecule has 2 aromatic carbocycles. The highest BCUT2D eigenvalue weighted by molar-refractivity contribution is 8.76. The van der Waals surface area contributed by atoms with Gasteiger partial charge in [0.2, 0.25) is 0 Å². The quantitative estimate of drug-likeness (QED) is 0.0937. The molecule has 4 aromatic rings. The Hall–Kier alpha value is -4.01. The van der Waals surface area contributed by atoms with Crippen molar-refractivity contribution < 1.29 is 9.85 Å². The Labute approximate surface area is 221 Å². The zero-order valence-corrected chi connectivity index (χ0v) is 21.3. The topological polar surface area (TPSA) is 156 Å². The van der Waals surface area contributed by atoms with Gasteiger partial charge in [0.15, 0.2) is 10.3 Å². The molecule has 0 atom stereocenters. The summed E-state index contributed by atoms with van der Waals surface area (Å²) in [6, 6.07) is 7.91. The van der Waals surface area contributed by atoms with Crippen LogP contribution < -0.4 is 11.1 Å². The maximum absolute atomic E-state index is 12.7. The number of hydrogen-bond acceptors (Lipinski definition) is 10. The van der Waals surface area contributed by atoms with Crippen LogP contribution in [0.3, 0.4) is 0 Å². The summed E-state index contributed by atoms with van der Waals surface area (Å²) in [7, 11) is 2.13. The molecular formula is C22H17ClN6O6S2. The van der Waals surface area contributed by atoms with Crippen LogP contribution in [0.1, 0.15) is 0 Å². The molecule has 0 aliphatic heterocycles. The molecule has 0 N–H and O–H groups in total. The molecule has 0 bridgehead atoms. The monoisotopic (exact) mass is 560 g/mol. The van der Waals surface area contributed by atoms with Gasteiger partial charge in [-0.05, 0) is 33.7 Å². The lowest BCUT2D eigenvalue weighted by Gasteiger charge is -2.15. The standard InChI is InChI=1S/C22H16N6O6S2.ClH/c1-3-9-25-17-7-5-13(27(31)32)11-15(17)19(29)23-21(25)35-36-22-24-20(30)16-12-14(28(33)34)6-8-18(16)26(22)10-4-2;/h3-8,11-12H,1-2,9-10H2;1H. The van der Waals surface area contributed by atoms with E-state index in [1.807, 2.05) is 0 Å². The summed E-state index contributed by atoms with van der Waals surface area (Å²) in [6.45, 7) is 7.98. The van der Waals surface area contributed by atoms with Crippen molar-refractivity contribution in [3.05, 3.63) is 103 Å². The first-order valence-electron chi connectivity index (χ1n) is 10.2. The number of halogens is 1. The lowest BCUT2D eigenvalue weighted by atomic mass is 10.2. The molecule has 0 saturated heterocycles. The number of hydrogen-bond donors (Lipinski definition) is 0. The second kappa shape index (κ2) is 11.4. The van der Waals surface area contributed by atoms with E-state index in [1.165, 1.54) is 36.4 Å². The average molecular weight is 561 g/mol. The van der Waals surface area contributed by atoms with Crippen molar-refractivity contribution in [1.29, 1.82) is 0 Å². The summed E-state index contributed by atoms with van der Waals surface area (Å²) in [5.74, 6) is 0. The van der Waals surface area contributed by atoms with E-state index in [0.29, 0.717) is 11.0 Å². The molecule has 2 aromatic heterocycles. The van der Waals surface area contributed by atoms with E-state index < -0.39 is 21.0 Å². The number of allylic oxidation sites excluding steroid dienone is 2. The molecule has 12 nitrogen and oxygen atoms in total. The van der Waals surface area contributed by atoms with Gasteiger partial charge < -0.3 is 9.13 Å². The van der Waals surface area contributed by atoms with Gasteiger partial charge in [-0.3, -0.25) is 29.8 Å². The summed E-state index contributed by atoms with van der Waals surface area (Å²) in [6.07, 6.45) is 3.19. The smallest absolute Gasteiger partial charge is 0.281 e. The third-order valence-electron chi connectivity index (χ3n) is 5.09. The van der Waals surface area contributed by atoms with Gasteiger partial charge in [0.25, 0.3) is 22.5 Å². The van der Waals surface area contributed by atoms with E-state index in [4.69, 9.17) is 0 Å². The van der Waals surface area contributed by atoms with Crippen LogP contribution in [-0.4, -0.2) is 28.9 Å². The number of nitrogens with zero attached hydrogens (tertiary/aromatic N) is 6. The molecule has 0 unspecified atom stereocenters. The molecule has 0 spiro atoms.